The third kappa shape index (κ3) is 3.51. The first-order valence-corrected chi connectivity index (χ1v) is 4.99. The molecule has 0 radical (unpaired) electrons. The fourth-order valence-corrected chi connectivity index (χ4v) is 1.26. The summed E-state index contributed by atoms with van der Waals surface area (Å²) in [5.74, 6) is 0.0485. The van der Waals surface area contributed by atoms with Crippen LogP contribution in [0, 0.1) is 5.82 Å². The largest absolute Gasteiger partial charge is 0.491 e. The Morgan fingerprint density at radius 3 is 2.33 bits per heavy atom. The molecule has 1 rings (SSSR count). The molecule has 0 aliphatic carbocycles. The van der Waals surface area contributed by atoms with Crippen molar-refractivity contribution in [2.45, 2.75) is 39.4 Å². The van der Waals surface area contributed by atoms with Gasteiger partial charge in [-0.05, 0) is 45.4 Å². The number of aliphatic hydroxyl groups is 1. The van der Waals surface area contributed by atoms with Crippen LogP contribution in [0.2, 0.25) is 0 Å². The van der Waals surface area contributed by atoms with Crippen molar-refractivity contribution in [2.24, 2.45) is 0 Å². The van der Waals surface area contributed by atoms with E-state index in [1.165, 1.54) is 12.1 Å². The van der Waals surface area contributed by atoms with E-state index in [2.05, 4.69) is 0 Å². The second-order valence-corrected chi connectivity index (χ2v) is 4.40. The topological polar surface area (TPSA) is 29.5 Å². The van der Waals surface area contributed by atoms with E-state index < -0.39 is 11.4 Å². The van der Waals surface area contributed by atoms with Crippen LogP contribution >= 0.6 is 0 Å². The normalized spacial score (nSPS) is 11.9. The van der Waals surface area contributed by atoms with Crippen molar-refractivity contribution in [2.75, 3.05) is 0 Å². The summed E-state index contributed by atoms with van der Waals surface area (Å²) in [6.45, 7) is 6.96. The van der Waals surface area contributed by atoms with Gasteiger partial charge < -0.3 is 9.84 Å². The quantitative estimate of drug-likeness (QED) is 0.834. The molecule has 0 saturated carbocycles. The van der Waals surface area contributed by atoms with Crippen molar-refractivity contribution in [1.82, 2.24) is 0 Å². The first-order valence-electron chi connectivity index (χ1n) is 4.99. The molecule has 0 fully saturated rings. The van der Waals surface area contributed by atoms with Gasteiger partial charge in [0.2, 0.25) is 0 Å². The van der Waals surface area contributed by atoms with Gasteiger partial charge in [0.05, 0.1) is 11.7 Å². The Morgan fingerprint density at radius 2 is 1.87 bits per heavy atom. The van der Waals surface area contributed by atoms with Gasteiger partial charge in [0.15, 0.2) is 0 Å². The van der Waals surface area contributed by atoms with Crippen molar-refractivity contribution in [3.8, 4) is 5.75 Å². The highest BCUT2D eigenvalue weighted by Crippen LogP contribution is 2.25. The number of hydrogen-bond donors (Lipinski definition) is 1. The summed E-state index contributed by atoms with van der Waals surface area (Å²) in [6.07, 6.45) is -0.0125. The van der Waals surface area contributed by atoms with Crippen molar-refractivity contribution in [3.63, 3.8) is 0 Å². The first-order chi connectivity index (χ1) is 6.79. The number of hydrogen-bond acceptors (Lipinski definition) is 2. The summed E-state index contributed by atoms with van der Waals surface area (Å²) in [4.78, 5) is 0. The third-order valence-electron chi connectivity index (χ3n) is 1.95. The minimum Gasteiger partial charge on any atom is -0.491 e. The molecule has 1 aromatic rings. The summed E-state index contributed by atoms with van der Waals surface area (Å²) < 4.78 is 18.6. The molecule has 0 heterocycles. The number of benzene rings is 1. The summed E-state index contributed by atoms with van der Waals surface area (Å²) in [5.41, 5.74) is -0.546. The average Bonchev–Trinajstić information content (AvgIpc) is 1.99. The second-order valence-electron chi connectivity index (χ2n) is 4.40. The highest BCUT2D eigenvalue weighted by Gasteiger charge is 2.18. The number of rotatable bonds is 3. The molecule has 1 N–H and O–H groups in total. The van der Waals surface area contributed by atoms with Gasteiger partial charge in [-0.2, -0.15) is 0 Å². The molecule has 0 spiro atoms. The Morgan fingerprint density at radius 1 is 1.27 bits per heavy atom. The van der Waals surface area contributed by atoms with Gasteiger partial charge in [0.1, 0.15) is 11.6 Å². The lowest BCUT2D eigenvalue weighted by atomic mass is 9.98. The maximum Gasteiger partial charge on any atom is 0.127 e. The lowest BCUT2D eigenvalue weighted by Crippen LogP contribution is -2.16. The molecule has 2 nitrogen and oxygen atoms in total. The van der Waals surface area contributed by atoms with Crippen LogP contribution in [0.4, 0.5) is 4.39 Å². The molecule has 0 bridgehead atoms. The molecule has 0 amide bonds. The van der Waals surface area contributed by atoms with Crippen LogP contribution in [-0.2, 0) is 5.60 Å². The SMILES string of the molecule is CC(C)Oc1cc(F)cc(C(C)(C)O)c1. The van der Waals surface area contributed by atoms with Crippen molar-refractivity contribution < 1.29 is 14.2 Å². The molecule has 0 aliphatic heterocycles. The smallest absolute Gasteiger partial charge is 0.127 e. The number of ether oxygens (including phenoxy) is 1. The Kier molecular flexibility index (Phi) is 3.35. The molecule has 0 aromatic heterocycles. The summed E-state index contributed by atoms with van der Waals surface area (Å²) in [6, 6.07) is 4.28. The lowest BCUT2D eigenvalue weighted by molar-refractivity contribution is 0.0777. The minimum atomic E-state index is -1.06. The maximum absolute atomic E-state index is 13.2. The molecular formula is C12H17FO2. The van der Waals surface area contributed by atoms with E-state index in [1.54, 1.807) is 19.9 Å². The minimum absolute atomic E-state index is 0.0125. The predicted molar refractivity (Wildman–Crippen MR) is 57.4 cm³/mol. The lowest BCUT2D eigenvalue weighted by Gasteiger charge is -2.19. The molecule has 0 saturated heterocycles. The van der Waals surface area contributed by atoms with Gasteiger partial charge >= 0.3 is 0 Å². The van der Waals surface area contributed by atoms with Gasteiger partial charge in [-0.25, -0.2) is 4.39 Å². The Balaban J connectivity index is 3.06. The summed E-state index contributed by atoms with van der Waals surface area (Å²) in [5, 5.41) is 9.75. The van der Waals surface area contributed by atoms with Crippen molar-refractivity contribution in [3.05, 3.63) is 29.6 Å². The van der Waals surface area contributed by atoms with Gasteiger partial charge in [0.25, 0.3) is 0 Å². The zero-order valence-electron chi connectivity index (χ0n) is 9.54. The molecule has 0 atom stereocenters. The second kappa shape index (κ2) is 4.19. The van der Waals surface area contributed by atoms with Crippen LogP contribution < -0.4 is 4.74 Å². The predicted octanol–water partition coefficient (Wildman–Crippen LogP) is 2.84. The van der Waals surface area contributed by atoms with E-state index in [1.807, 2.05) is 13.8 Å². The van der Waals surface area contributed by atoms with Gasteiger partial charge in [-0.3, -0.25) is 0 Å². The maximum atomic E-state index is 13.2. The highest BCUT2D eigenvalue weighted by atomic mass is 19.1. The van der Waals surface area contributed by atoms with E-state index in [9.17, 15) is 9.50 Å². The molecule has 15 heavy (non-hydrogen) atoms. The molecule has 0 aliphatic rings. The van der Waals surface area contributed by atoms with E-state index >= 15 is 0 Å². The van der Waals surface area contributed by atoms with Gasteiger partial charge in [-0.1, -0.05) is 0 Å². The highest BCUT2D eigenvalue weighted by molar-refractivity contribution is 5.32. The molecule has 0 unspecified atom stereocenters. The molecule has 84 valence electrons. The van der Waals surface area contributed by atoms with Crippen LogP contribution in [0.1, 0.15) is 33.3 Å². The van der Waals surface area contributed by atoms with Crippen LogP contribution in [0.5, 0.6) is 5.75 Å². The van der Waals surface area contributed by atoms with Crippen molar-refractivity contribution >= 4 is 0 Å². The average molecular weight is 212 g/mol. The standard InChI is InChI=1S/C12H17FO2/c1-8(2)15-11-6-9(12(3,4)14)5-10(13)7-11/h5-8,14H,1-4H3. The Bertz CT molecular complexity index is 340. The fourth-order valence-electron chi connectivity index (χ4n) is 1.26. The third-order valence-corrected chi connectivity index (χ3v) is 1.95. The van der Waals surface area contributed by atoms with E-state index in [0.29, 0.717) is 11.3 Å². The van der Waals surface area contributed by atoms with E-state index in [0.717, 1.165) is 0 Å². The summed E-state index contributed by atoms with van der Waals surface area (Å²) in [7, 11) is 0. The van der Waals surface area contributed by atoms with Crippen LogP contribution in [-0.4, -0.2) is 11.2 Å². The summed E-state index contributed by atoms with van der Waals surface area (Å²) >= 11 is 0. The van der Waals surface area contributed by atoms with E-state index in [-0.39, 0.29) is 6.10 Å². The van der Waals surface area contributed by atoms with E-state index in [4.69, 9.17) is 4.74 Å². The fraction of sp³-hybridized carbons (Fsp3) is 0.500. The van der Waals surface area contributed by atoms with Crippen LogP contribution in [0.25, 0.3) is 0 Å². The zero-order valence-corrected chi connectivity index (χ0v) is 9.54. The van der Waals surface area contributed by atoms with Crippen LogP contribution in [0.3, 0.4) is 0 Å². The first kappa shape index (κ1) is 12.0. The Labute approximate surface area is 89.7 Å². The number of halogens is 1. The van der Waals surface area contributed by atoms with Crippen LogP contribution in [0.15, 0.2) is 18.2 Å². The van der Waals surface area contributed by atoms with Crippen molar-refractivity contribution in [1.29, 1.82) is 0 Å². The zero-order chi connectivity index (χ0) is 11.6. The van der Waals surface area contributed by atoms with Gasteiger partial charge in [-0.15, -0.1) is 0 Å². The molecule has 3 heteroatoms. The monoisotopic (exact) mass is 212 g/mol. The Hall–Kier alpha value is -1.09. The molecule has 1 aromatic carbocycles. The molecular weight excluding hydrogens is 195 g/mol. The van der Waals surface area contributed by atoms with Gasteiger partial charge in [0, 0.05) is 6.07 Å².